The van der Waals surface area contributed by atoms with Gasteiger partial charge in [0.05, 0.1) is 11.1 Å². The number of anilines is 3. The van der Waals surface area contributed by atoms with Gasteiger partial charge in [0.2, 0.25) is 11.9 Å². The molecule has 0 aliphatic heterocycles. The molecule has 0 aliphatic rings. The summed E-state index contributed by atoms with van der Waals surface area (Å²) < 4.78 is 38.0. The quantitative estimate of drug-likeness (QED) is 0.653. The van der Waals surface area contributed by atoms with Crippen LogP contribution in [-0.2, 0) is 6.18 Å². The Balaban J connectivity index is 1.92. The molecule has 0 saturated heterocycles. The second-order valence-corrected chi connectivity index (χ2v) is 5.62. The van der Waals surface area contributed by atoms with Crippen LogP contribution in [0.1, 0.15) is 17.0 Å². The zero-order valence-electron chi connectivity index (χ0n) is 14.3. The Morgan fingerprint density at radius 1 is 1.00 bits per heavy atom. The Hall–Kier alpha value is -3.93. The van der Waals surface area contributed by atoms with Crippen LogP contribution in [0.5, 0.6) is 0 Å². The number of benzene rings is 2. The lowest BCUT2D eigenvalue weighted by atomic mass is 10.1. The third-order valence-corrected chi connectivity index (χ3v) is 3.59. The van der Waals surface area contributed by atoms with Crippen molar-refractivity contribution in [2.75, 3.05) is 11.1 Å². The highest BCUT2D eigenvalue weighted by molar-refractivity contribution is 5.87. The summed E-state index contributed by atoms with van der Waals surface area (Å²) in [6.45, 7) is 0. The van der Waals surface area contributed by atoms with Crippen molar-refractivity contribution in [3.05, 3.63) is 71.5 Å². The Labute approximate surface area is 158 Å². The number of nitrogen functional groups attached to an aromatic ring is 1. The summed E-state index contributed by atoms with van der Waals surface area (Å²) >= 11 is 0. The van der Waals surface area contributed by atoms with Crippen LogP contribution < -0.4 is 11.1 Å². The van der Waals surface area contributed by atoms with E-state index >= 15 is 0 Å². The molecular weight excluding hydrogens is 369 g/mol. The number of rotatable bonds is 4. The average molecular weight is 382 g/mol. The van der Waals surface area contributed by atoms with E-state index < -0.39 is 11.7 Å². The number of nitrogens with two attached hydrogens (primary N) is 1. The van der Waals surface area contributed by atoms with Gasteiger partial charge < -0.3 is 11.1 Å². The minimum absolute atomic E-state index is 0.00771. The normalized spacial score (nSPS) is 11.7. The number of nitrogens with one attached hydrogen (secondary N) is 1. The van der Waals surface area contributed by atoms with Gasteiger partial charge in [0.25, 0.3) is 0 Å². The zero-order valence-corrected chi connectivity index (χ0v) is 14.3. The molecular formula is C19H13F3N6. The molecule has 1 heterocycles. The lowest BCUT2D eigenvalue weighted by Crippen LogP contribution is -2.06. The lowest BCUT2D eigenvalue weighted by Gasteiger charge is -2.07. The maximum absolute atomic E-state index is 12.7. The minimum Gasteiger partial charge on any atom is -0.368 e. The van der Waals surface area contributed by atoms with E-state index in [0.29, 0.717) is 11.3 Å². The molecule has 28 heavy (non-hydrogen) atoms. The van der Waals surface area contributed by atoms with Crippen molar-refractivity contribution in [2.45, 2.75) is 6.18 Å². The topological polar surface area (TPSA) is 101 Å². The van der Waals surface area contributed by atoms with Crippen LogP contribution in [0.3, 0.4) is 0 Å². The monoisotopic (exact) mass is 382 g/mol. The number of hydrogen-bond acceptors (Lipinski definition) is 6. The first-order valence-electron chi connectivity index (χ1n) is 7.98. The van der Waals surface area contributed by atoms with Crippen molar-refractivity contribution >= 4 is 29.2 Å². The summed E-state index contributed by atoms with van der Waals surface area (Å²) in [5, 5.41) is 12.4. The van der Waals surface area contributed by atoms with E-state index in [-0.39, 0.29) is 23.3 Å². The van der Waals surface area contributed by atoms with Gasteiger partial charge in [-0.25, -0.2) is 0 Å². The van der Waals surface area contributed by atoms with E-state index in [1.165, 1.54) is 18.2 Å². The minimum atomic E-state index is -4.43. The van der Waals surface area contributed by atoms with Gasteiger partial charge in [-0.15, -0.1) is 0 Å². The number of allylic oxidation sites excluding steroid dienone is 1. The third-order valence-electron chi connectivity index (χ3n) is 3.59. The van der Waals surface area contributed by atoms with E-state index in [2.05, 4.69) is 20.3 Å². The molecule has 0 saturated carbocycles. The Morgan fingerprint density at radius 3 is 2.29 bits per heavy atom. The highest BCUT2D eigenvalue weighted by atomic mass is 19.4. The summed E-state index contributed by atoms with van der Waals surface area (Å²) in [4.78, 5) is 12.1. The van der Waals surface area contributed by atoms with Gasteiger partial charge in [-0.3, -0.25) is 0 Å². The van der Waals surface area contributed by atoms with Crippen LogP contribution in [0.4, 0.5) is 30.8 Å². The van der Waals surface area contributed by atoms with Crippen LogP contribution in [0.25, 0.3) is 11.6 Å². The molecule has 0 aliphatic carbocycles. The lowest BCUT2D eigenvalue weighted by molar-refractivity contribution is -0.137. The zero-order chi connectivity index (χ0) is 20.1. The second-order valence-electron chi connectivity index (χ2n) is 5.62. The number of nitriles is 1. The van der Waals surface area contributed by atoms with E-state index in [0.717, 1.165) is 12.1 Å². The first-order chi connectivity index (χ1) is 13.3. The number of para-hydroxylation sites is 1. The smallest absolute Gasteiger partial charge is 0.368 e. The molecule has 6 nitrogen and oxygen atoms in total. The highest BCUT2D eigenvalue weighted by Gasteiger charge is 2.29. The first-order valence-corrected chi connectivity index (χ1v) is 7.98. The van der Waals surface area contributed by atoms with E-state index in [9.17, 15) is 18.4 Å². The highest BCUT2D eigenvalue weighted by Crippen LogP contribution is 2.29. The summed E-state index contributed by atoms with van der Waals surface area (Å²) in [7, 11) is 0. The summed E-state index contributed by atoms with van der Waals surface area (Å²) in [5.41, 5.74) is 6.06. The van der Waals surface area contributed by atoms with Gasteiger partial charge in [0.1, 0.15) is 6.07 Å². The average Bonchev–Trinajstić information content (AvgIpc) is 2.66. The van der Waals surface area contributed by atoms with E-state index in [1.807, 2.05) is 24.3 Å². The third kappa shape index (κ3) is 4.62. The molecule has 3 rings (SSSR count). The maximum atomic E-state index is 12.7. The molecule has 0 unspecified atom stereocenters. The maximum Gasteiger partial charge on any atom is 0.416 e. The Kier molecular flexibility index (Phi) is 5.22. The molecule has 0 amide bonds. The molecule has 0 spiro atoms. The van der Waals surface area contributed by atoms with Crippen LogP contribution >= 0.6 is 0 Å². The van der Waals surface area contributed by atoms with Gasteiger partial charge in [-0.2, -0.15) is 33.4 Å². The fraction of sp³-hybridized carbons (Fsp3) is 0.0526. The molecule has 140 valence electrons. The molecule has 1 aromatic heterocycles. The van der Waals surface area contributed by atoms with E-state index in [1.54, 1.807) is 12.1 Å². The van der Waals surface area contributed by atoms with Crippen molar-refractivity contribution in [3.63, 3.8) is 0 Å². The number of alkyl halides is 3. The number of halogens is 3. The SMILES string of the molecule is N#C/C(=C\c1ccc(C(F)(F)F)cc1)c1nc(N)nc(Nc2ccccc2)n1. The molecule has 3 aromatic rings. The summed E-state index contributed by atoms with van der Waals surface area (Å²) in [6.07, 6.45) is -3.05. The molecule has 0 bridgehead atoms. The fourth-order valence-electron chi connectivity index (χ4n) is 2.30. The summed E-state index contributed by atoms with van der Waals surface area (Å²) in [6, 6.07) is 15.4. The molecule has 9 heteroatoms. The van der Waals surface area contributed by atoms with Crippen molar-refractivity contribution in [2.24, 2.45) is 0 Å². The Bertz CT molecular complexity index is 1040. The van der Waals surface area contributed by atoms with Crippen LogP contribution in [0.2, 0.25) is 0 Å². The van der Waals surface area contributed by atoms with E-state index in [4.69, 9.17) is 5.73 Å². The molecule has 2 aromatic carbocycles. The predicted molar refractivity (Wildman–Crippen MR) is 98.9 cm³/mol. The molecule has 3 N–H and O–H groups in total. The number of nitrogens with zero attached hydrogens (tertiary/aromatic N) is 4. The van der Waals surface area contributed by atoms with Crippen molar-refractivity contribution < 1.29 is 13.2 Å². The van der Waals surface area contributed by atoms with Gasteiger partial charge in [0.15, 0.2) is 5.82 Å². The molecule has 0 fully saturated rings. The number of hydrogen-bond donors (Lipinski definition) is 2. The largest absolute Gasteiger partial charge is 0.416 e. The van der Waals surface area contributed by atoms with Crippen molar-refractivity contribution in [3.8, 4) is 6.07 Å². The standard InChI is InChI=1S/C19H13F3N6/c20-19(21,22)14-8-6-12(7-9-14)10-13(11-23)16-26-17(24)28-18(27-16)25-15-4-2-1-3-5-15/h1-10H,(H3,24,25,26,27,28)/b13-10+. The van der Waals surface area contributed by atoms with Crippen LogP contribution in [-0.4, -0.2) is 15.0 Å². The van der Waals surface area contributed by atoms with Crippen molar-refractivity contribution in [1.29, 1.82) is 5.26 Å². The van der Waals surface area contributed by atoms with Crippen LogP contribution in [0.15, 0.2) is 54.6 Å². The van der Waals surface area contributed by atoms with Gasteiger partial charge in [0, 0.05) is 5.69 Å². The van der Waals surface area contributed by atoms with Crippen LogP contribution in [0, 0.1) is 11.3 Å². The van der Waals surface area contributed by atoms with Gasteiger partial charge in [-0.05, 0) is 35.9 Å². The Morgan fingerprint density at radius 2 is 1.68 bits per heavy atom. The predicted octanol–water partition coefficient (Wildman–Crippen LogP) is 4.28. The number of aromatic nitrogens is 3. The molecule has 0 atom stereocenters. The van der Waals surface area contributed by atoms with Gasteiger partial charge in [-0.1, -0.05) is 30.3 Å². The first kappa shape index (κ1) is 18.8. The van der Waals surface area contributed by atoms with Gasteiger partial charge >= 0.3 is 6.18 Å². The summed E-state index contributed by atoms with van der Waals surface area (Å²) in [5.74, 6) is 0.0487. The van der Waals surface area contributed by atoms with Crippen molar-refractivity contribution in [1.82, 2.24) is 15.0 Å². The second kappa shape index (κ2) is 7.75. The molecule has 0 radical (unpaired) electrons. The fourth-order valence-corrected chi connectivity index (χ4v) is 2.30.